The van der Waals surface area contributed by atoms with Gasteiger partial charge < -0.3 is 4.40 Å². The molecule has 0 aliphatic heterocycles. The molecule has 0 aliphatic carbocycles. The summed E-state index contributed by atoms with van der Waals surface area (Å²) in [6.07, 6.45) is 3.97. The summed E-state index contributed by atoms with van der Waals surface area (Å²) in [7, 11) is 0. The molecular formula is C14H10Cl2N2. The van der Waals surface area contributed by atoms with E-state index in [-0.39, 0.29) is 0 Å². The van der Waals surface area contributed by atoms with Crippen LogP contribution in [-0.4, -0.2) is 9.38 Å². The number of pyridine rings is 1. The van der Waals surface area contributed by atoms with Crippen LogP contribution < -0.4 is 0 Å². The fraction of sp³-hybridized carbons (Fsp3) is 0.0714. The highest BCUT2D eigenvalue weighted by atomic mass is 35.5. The van der Waals surface area contributed by atoms with Crippen molar-refractivity contribution in [2.45, 2.75) is 5.88 Å². The molecule has 1 aromatic carbocycles. The third-order valence-corrected chi connectivity index (χ3v) is 3.38. The lowest BCUT2D eigenvalue weighted by atomic mass is 10.2. The molecule has 0 aliphatic rings. The second-order valence-electron chi connectivity index (χ2n) is 4.07. The highest BCUT2D eigenvalue weighted by Crippen LogP contribution is 2.21. The molecule has 0 bridgehead atoms. The van der Waals surface area contributed by atoms with E-state index in [1.807, 2.05) is 53.2 Å². The van der Waals surface area contributed by atoms with Crippen LogP contribution >= 0.6 is 23.2 Å². The summed E-state index contributed by atoms with van der Waals surface area (Å²) in [5.41, 5.74) is 3.95. The van der Waals surface area contributed by atoms with Crippen molar-refractivity contribution < 1.29 is 0 Å². The molecule has 3 rings (SSSR count). The number of hydrogen-bond donors (Lipinski definition) is 0. The summed E-state index contributed by atoms with van der Waals surface area (Å²) in [6.45, 7) is 0. The Morgan fingerprint density at radius 2 is 1.89 bits per heavy atom. The predicted octanol–water partition coefficient (Wildman–Crippen LogP) is 4.39. The Hall–Kier alpha value is -1.51. The van der Waals surface area contributed by atoms with Crippen molar-refractivity contribution in [1.82, 2.24) is 9.38 Å². The van der Waals surface area contributed by atoms with E-state index in [1.54, 1.807) is 0 Å². The third-order valence-electron chi connectivity index (χ3n) is 2.82. The Morgan fingerprint density at radius 1 is 1.11 bits per heavy atom. The van der Waals surface area contributed by atoms with Crippen molar-refractivity contribution in [3.63, 3.8) is 0 Å². The summed E-state index contributed by atoms with van der Waals surface area (Å²) in [6, 6.07) is 11.6. The molecule has 0 saturated heterocycles. The van der Waals surface area contributed by atoms with E-state index in [1.165, 1.54) is 0 Å². The Bertz CT molecular complexity index is 687. The van der Waals surface area contributed by atoms with Crippen LogP contribution in [0.4, 0.5) is 0 Å². The van der Waals surface area contributed by atoms with Gasteiger partial charge in [0.05, 0.1) is 5.69 Å². The van der Waals surface area contributed by atoms with Crippen molar-refractivity contribution >= 4 is 28.8 Å². The van der Waals surface area contributed by atoms with Gasteiger partial charge in [0.25, 0.3) is 0 Å². The van der Waals surface area contributed by atoms with Gasteiger partial charge in [0.2, 0.25) is 0 Å². The highest BCUT2D eigenvalue weighted by molar-refractivity contribution is 6.30. The van der Waals surface area contributed by atoms with Crippen molar-refractivity contribution in [2.24, 2.45) is 0 Å². The van der Waals surface area contributed by atoms with Crippen LogP contribution in [0.2, 0.25) is 5.02 Å². The van der Waals surface area contributed by atoms with Gasteiger partial charge in [-0.15, -0.1) is 11.6 Å². The van der Waals surface area contributed by atoms with Crippen molar-refractivity contribution in [3.05, 3.63) is 59.4 Å². The fourth-order valence-electron chi connectivity index (χ4n) is 1.87. The maximum Gasteiger partial charge on any atom is 0.137 e. The molecule has 0 saturated carbocycles. The maximum absolute atomic E-state index is 5.88. The molecule has 4 heteroatoms. The number of aromatic nitrogens is 2. The molecule has 0 spiro atoms. The van der Waals surface area contributed by atoms with E-state index in [0.29, 0.717) is 5.88 Å². The first-order valence-electron chi connectivity index (χ1n) is 5.56. The summed E-state index contributed by atoms with van der Waals surface area (Å²) in [5, 5.41) is 0.729. The number of nitrogens with zero attached hydrogens (tertiary/aromatic N) is 2. The highest BCUT2D eigenvalue weighted by Gasteiger charge is 2.04. The summed E-state index contributed by atoms with van der Waals surface area (Å²) in [4.78, 5) is 4.58. The first kappa shape index (κ1) is 11.6. The molecule has 2 aromatic heterocycles. The second kappa shape index (κ2) is 4.63. The lowest BCUT2D eigenvalue weighted by Crippen LogP contribution is -1.84. The van der Waals surface area contributed by atoms with Gasteiger partial charge in [0, 0.05) is 28.9 Å². The third kappa shape index (κ3) is 2.09. The SMILES string of the molecule is ClCc1ccn2cc(-c3ccc(Cl)cc3)nc2c1. The Kier molecular flexibility index (Phi) is 2.98. The fourth-order valence-corrected chi connectivity index (χ4v) is 2.16. The Balaban J connectivity index is 2.10. The maximum atomic E-state index is 5.88. The molecule has 2 nitrogen and oxygen atoms in total. The number of halogens is 2. The summed E-state index contributed by atoms with van der Waals surface area (Å²) < 4.78 is 1.99. The van der Waals surface area contributed by atoms with E-state index < -0.39 is 0 Å². The van der Waals surface area contributed by atoms with Crippen molar-refractivity contribution in [2.75, 3.05) is 0 Å². The van der Waals surface area contributed by atoms with E-state index in [9.17, 15) is 0 Å². The van der Waals surface area contributed by atoms with E-state index in [4.69, 9.17) is 23.2 Å². The smallest absolute Gasteiger partial charge is 0.137 e. The zero-order chi connectivity index (χ0) is 12.5. The van der Waals surface area contributed by atoms with E-state index in [0.717, 1.165) is 27.5 Å². The normalized spacial score (nSPS) is 11.0. The van der Waals surface area contributed by atoms with Gasteiger partial charge in [-0.25, -0.2) is 4.98 Å². The minimum absolute atomic E-state index is 0.500. The van der Waals surface area contributed by atoms with Crippen molar-refractivity contribution in [1.29, 1.82) is 0 Å². The summed E-state index contributed by atoms with van der Waals surface area (Å²) in [5.74, 6) is 0.500. The molecule has 3 aromatic rings. The molecule has 0 atom stereocenters. The number of alkyl halides is 1. The average molecular weight is 277 g/mol. The topological polar surface area (TPSA) is 17.3 Å². The van der Waals surface area contributed by atoms with Gasteiger partial charge in [-0.1, -0.05) is 23.7 Å². The van der Waals surface area contributed by atoms with Crippen molar-refractivity contribution in [3.8, 4) is 11.3 Å². The van der Waals surface area contributed by atoms with Crippen LogP contribution in [0.1, 0.15) is 5.56 Å². The van der Waals surface area contributed by atoms with Crippen LogP contribution in [-0.2, 0) is 5.88 Å². The minimum atomic E-state index is 0.500. The van der Waals surface area contributed by atoms with Gasteiger partial charge in [-0.2, -0.15) is 0 Å². The molecular weight excluding hydrogens is 267 g/mol. The zero-order valence-corrected chi connectivity index (χ0v) is 11.0. The molecule has 2 heterocycles. The molecule has 0 N–H and O–H groups in total. The van der Waals surface area contributed by atoms with Gasteiger partial charge in [0.1, 0.15) is 5.65 Å². The summed E-state index contributed by atoms with van der Waals surface area (Å²) >= 11 is 11.7. The van der Waals surface area contributed by atoms with Gasteiger partial charge in [0.15, 0.2) is 0 Å². The molecule has 0 unspecified atom stereocenters. The van der Waals surface area contributed by atoms with Crippen LogP contribution in [0.25, 0.3) is 16.9 Å². The number of hydrogen-bond acceptors (Lipinski definition) is 1. The van der Waals surface area contributed by atoms with E-state index in [2.05, 4.69) is 4.98 Å². The predicted molar refractivity (Wildman–Crippen MR) is 75.2 cm³/mol. The first-order chi connectivity index (χ1) is 8.76. The molecule has 0 radical (unpaired) electrons. The Morgan fingerprint density at radius 3 is 2.61 bits per heavy atom. The van der Waals surface area contributed by atoms with Gasteiger partial charge in [-0.3, -0.25) is 0 Å². The number of imidazole rings is 1. The monoisotopic (exact) mass is 276 g/mol. The molecule has 0 amide bonds. The largest absolute Gasteiger partial charge is 0.306 e. The lowest BCUT2D eigenvalue weighted by Gasteiger charge is -1.95. The van der Waals surface area contributed by atoms with Crippen LogP contribution in [0.5, 0.6) is 0 Å². The standard InChI is InChI=1S/C14H10Cl2N2/c15-8-10-5-6-18-9-13(17-14(18)7-10)11-1-3-12(16)4-2-11/h1-7,9H,8H2. The van der Waals surface area contributed by atoms with E-state index >= 15 is 0 Å². The second-order valence-corrected chi connectivity index (χ2v) is 4.77. The van der Waals surface area contributed by atoms with Crippen LogP contribution in [0.15, 0.2) is 48.8 Å². The number of rotatable bonds is 2. The zero-order valence-electron chi connectivity index (χ0n) is 9.48. The lowest BCUT2D eigenvalue weighted by molar-refractivity contribution is 1.16. The van der Waals surface area contributed by atoms with Gasteiger partial charge >= 0.3 is 0 Å². The average Bonchev–Trinajstić information content (AvgIpc) is 2.82. The van der Waals surface area contributed by atoms with Crippen LogP contribution in [0.3, 0.4) is 0 Å². The molecule has 90 valence electrons. The van der Waals surface area contributed by atoms with Crippen LogP contribution in [0, 0.1) is 0 Å². The Labute approximate surface area is 115 Å². The molecule has 18 heavy (non-hydrogen) atoms. The quantitative estimate of drug-likeness (QED) is 0.635. The number of benzene rings is 1. The number of fused-ring (bicyclic) bond motifs is 1. The van der Waals surface area contributed by atoms with Gasteiger partial charge in [-0.05, 0) is 29.8 Å². The molecule has 0 fully saturated rings. The minimum Gasteiger partial charge on any atom is -0.306 e. The first-order valence-corrected chi connectivity index (χ1v) is 6.47.